The molecule has 0 radical (unpaired) electrons. The number of hydrogen-bond acceptors (Lipinski definition) is 2. The average molecular weight is 201 g/mol. The van der Waals surface area contributed by atoms with Gasteiger partial charge in [0, 0.05) is 5.56 Å². The molecule has 0 fully saturated rings. The molecule has 0 spiro atoms. The summed E-state index contributed by atoms with van der Waals surface area (Å²) < 4.78 is 5.57. The van der Waals surface area contributed by atoms with Crippen molar-refractivity contribution in [2.45, 2.75) is 25.4 Å². The maximum atomic E-state index is 5.57. The molecule has 78 valence electrons. The van der Waals surface area contributed by atoms with Crippen LogP contribution in [0.5, 0.6) is 5.75 Å². The summed E-state index contributed by atoms with van der Waals surface area (Å²) in [5.74, 6) is 3.72. The van der Waals surface area contributed by atoms with Crippen LogP contribution in [0.3, 0.4) is 0 Å². The van der Waals surface area contributed by atoms with Crippen molar-refractivity contribution in [3.05, 3.63) is 29.8 Å². The van der Waals surface area contributed by atoms with Crippen LogP contribution in [-0.2, 0) is 0 Å². The number of para-hydroxylation sites is 1. The van der Waals surface area contributed by atoms with E-state index in [0.717, 1.165) is 12.2 Å². The van der Waals surface area contributed by atoms with E-state index < -0.39 is 0 Å². The SMILES string of the molecule is C#CC(CC)NC1COc2ccccc21. The van der Waals surface area contributed by atoms with Crippen molar-refractivity contribution >= 4 is 0 Å². The lowest BCUT2D eigenvalue weighted by Gasteiger charge is -2.16. The van der Waals surface area contributed by atoms with Crippen molar-refractivity contribution in [3.8, 4) is 18.1 Å². The van der Waals surface area contributed by atoms with E-state index in [4.69, 9.17) is 11.2 Å². The predicted molar refractivity (Wildman–Crippen MR) is 60.7 cm³/mol. The number of nitrogens with one attached hydrogen (secondary N) is 1. The standard InChI is InChI=1S/C13H15NO/c1-3-10(4-2)14-12-9-15-13-8-6-5-7-11(12)13/h1,5-8,10,12,14H,4,9H2,2H3. The van der Waals surface area contributed by atoms with Gasteiger partial charge in [0.1, 0.15) is 12.4 Å². The molecular formula is C13H15NO. The van der Waals surface area contributed by atoms with Gasteiger partial charge in [-0.1, -0.05) is 31.0 Å². The van der Waals surface area contributed by atoms with Crippen LogP contribution >= 0.6 is 0 Å². The second-order valence-electron chi connectivity index (χ2n) is 3.70. The summed E-state index contributed by atoms with van der Waals surface area (Å²) in [7, 11) is 0. The van der Waals surface area contributed by atoms with E-state index in [1.807, 2.05) is 18.2 Å². The van der Waals surface area contributed by atoms with Crippen molar-refractivity contribution in [2.75, 3.05) is 6.61 Å². The summed E-state index contributed by atoms with van der Waals surface area (Å²) in [6.07, 6.45) is 6.37. The minimum atomic E-state index is 0.129. The number of fused-ring (bicyclic) bond motifs is 1. The lowest BCUT2D eigenvalue weighted by molar-refractivity contribution is 0.304. The Labute approximate surface area is 90.6 Å². The van der Waals surface area contributed by atoms with Gasteiger partial charge in [-0.25, -0.2) is 0 Å². The molecular weight excluding hydrogens is 186 g/mol. The molecule has 1 aromatic carbocycles. The Bertz CT molecular complexity index is 380. The van der Waals surface area contributed by atoms with Gasteiger partial charge in [-0.2, -0.15) is 0 Å². The molecule has 1 aliphatic heterocycles. The molecule has 0 amide bonds. The minimum Gasteiger partial charge on any atom is -0.491 e. The van der Waals surface area contributed by atoms with Gasteiger partial charge in [0.25, 0.3) is 0 Å². The van der Waals surface area contributed by atoms with Gasteiger partial charge >= 0.3 is 0 Å². The number of terminal acetylenes is 1. The Balaban J connectivity index is 2.11. The molecule has 0 aromatic heterocycles. The van der Waals surface area contributed by atoms with Gasteiger partial charge < -0.3 is 4.74 Å². The largest absolute Gasteiger partial charge is 0.491 e. The van der Waals surface area contributed by atoms with Gasteiger partial charge in [-0.3, -0.25) is 5.32 Å². The minimum absolute atomic E-state index is 0.129. The Hall–Kier alpha value is -1.46. The van der Waals surface area contributed by atoms with Gasteiger partial charge in [-0.05, 0) is 12.5 Å². The molecule has 0 bridgehead atoms. The Morgan fingerprint density at radius 2 is 2.40 bits per heavy atom. The number of hydrogen-bond donors (Lipinski definition) is 1. The first-order valence-electron chi connectivity index (χ1n) is 5.29. The summed E-state index contributed by atoms with van der Waals surface area (Å²) in [6.45, 7) is 2.76. The lowest BCUT2D eigenvalue weighted by Crippen LogP contribution is -2.32. The van der Waals surface area contributed by atoms with Crippen molar-refractivity contribution in [1.82, 2.24) is 5.32 Å². The smallest absolute Gasteiger partial charge is 0.124 e. The average Bonchev–Trinajstić information content (AvgIpc) is 2.69. The van der Waals surface area contributed by atoms with E-state index >= 15 is 0 Å². The Morgan fingerprint density at radius 3 is 3.13 bits per heavy atom. The predicted octanol–water partition coefficient (Wildman–Crippen LogP) is 2.12. The molecule has 0 saturated carbocycles. The fraction of sp³-hybridized carbons (Fsp3) is 0.385. The molecule has 2 atom stereocenters. The van der Waals surface area contributed by atoms with E-state index in [1.54, 1.807) is 0 Å². The molecule has 2 rings (SSSR count). The second kappa shape index (κ2) is 4.37. The van der Waals surface area contributed by atoms with Gasteiger partial charge in [-0.15, -0.1) is 6.42 Å². The summed E-state index contributed by atoms with van der Waals surface area (Å²) in [5, 5.41) is 3.41. The molecule has 2 nitrogen and oxygen atoms in total. The molecule has 0 aliphatic carbocycles. The lowest BCUT2D eigenvalue weighted by atomic mass is 10.1. The van der Waals surface area contributed by atoms with Gasteiger partial charge in [0.15, 0.2) is 0 Å². The Morgan fingerprint density at radius 1 is 1.60 bits per heavy atom. The number of rotatable bonds is 3. The van der Waals surface area contributed by atoms with Crippen LogP contribution in [-0.4, -0.2) is 12.6 Å². The maximum Gasteiger partial charge on any atom is 0.124 e. The molecule has 1 heterocycles. The molecule has 15 heavy (non-hydrogen) atoms. The quantitative estimate of drug-likeness (QED) is 0.756. The first kappa shape index (κ1) is 10.1. The second-order valence-corrected chi connectivity index (χ2v) is 3.70. The molecule has 1 aliphatic rings. The third-order valence-corrected chi connectivity index (χ3v) is 2.71. The molecule has 2 unspecified atom stereocenters. The third kappa shape index (κ3) is 1.98. The summed E-state index contributed by atoms with van der Waals surface area (Å²) in [4.78, 5) is 0. The highest BCUT2D eigenvalue weighted by molar-refractivity contribution is 5.39. The first-order chi connectivity index (χ1) is 7.35. The van der Waals surface area contributed by atoms with Gasteiger partial charge in [0.05, 0.1) is 12.1 Å². The fourth-order valence-corrected chi connectivity index (χ4v) is 1.83. The summed E-state index contributed by atoms with van der Waals surface area (Å²) in [6, 6.07) is 8.46. The van der Waals surface area contributed by atoms with Crippen LogP contribution in [0.25, 0.3) is 0 Å². The maximum absolute atomic E-state index is 5.57. The molecule has 1 N–H and O–H groups in total. The van der Waals surface area contributed by atoms with E-state index in [-0.39, 0.29) is 12.1 Å². The van der Waals surface area contributed by atoms with E-state index in [1.165, 1.54) is 5.56 Å². The van der Waals surface area contributed by atoms with E-state index in [0.29, 0.717) is 6.61 Å². The van der Waals surface area contributed by atoms with Crippen LogP contribution in [0.15, 0.2) is 24.3 Å². The fourth-order valence-electron chi connectivity index (χ4n) is 1.83. The van der Waals surface area contributed by atoms with E-state index in [2.05, 4.69) is 24.2 Å². The van der Waals surface area contributed by atoms with Crippen LogP contribution in [0.2, 0.25) is 0 Å². The van der Waals surface area contributed by atoms with Crippen molar-refractivity contribution < 1.29 is 4.74 Å². The summed E-state index contributed by atoms with van der Waals surface area (Å²) in [5.41, 5.74) is 1.21. The van der Waals surface area contributed by atoms with Crippen LogP contribution in [0, 0.1) is 12.3 Å². The van der Waals surface area contributed by atoms with Gasteiger partial charge in [0.2, 0.25) is 0 Å². The monoisotopic (exact) mass is 201 g/mol. The first-order valence-corrected chi connectivity index (χ1v) is 5.29. The van der Waals surface area contributed by atoms with E-state index in [9.17, 15) is 0 Å². The normalized spacial score (nSPS) is 20.1. The highest BCUT2D eigenvalue weighted by atomic mass is 16.5. The Kier molecular flexibility index (Phi) is 2.94. The van der Waals surface area contributed by atoms with Crippen molar-refractivity contribution in [3.63, 3.8) is 0 Å². The highest BCUT2D eigenvalue weighted by Crippen LogP contribution is 2.31. The zero-order chi connectivity index (χ0) is 10.7. The molecule has 2 heteroatoms. The number of benzene rings is 1. The number of ether oxygens (including phenoxy) is 1. The zero-order valence-electron chi connectivity index (χ0n) is 8.86. The molecule has 1 aromatic rings. The summed E-state index contributed by atoms with van der Waals surface area (Å²) >= 11 is 0. The van der Waals surface area contributed by atoms with Crippen molar-refractivity contribution in [1.29, 1.82) is 0 Å². The van der Waals surface area contributed by atoms with Crippen LogP contribution < -0.4 is 10.1 Å². The van der Waals surface area contributed by atoms with Crippen LogP contribution in [0.1, 0.15) is 24.9 Å². The molecule has 0 saturated heterocycles. The zero-order valence-corrected chi connectivity index (χ0v) is 8.86. The van der Waals surface area contributed by atoms with Crippen molar-refractivity contribution in [2.24, 2.45) is 0 Å². The topological polar surface area (TPSA) is 21.3 Å². The van der Waals surface area contributed by atoms with Crippen LogP contribution in [0.4, 0.5) is 0 Å². The third-order valence-electron chi connectivity index (χ3n) is 2.71. The highest BCUT2D eigenvalue weighted by Gasteiger charge is 2.24.